The molecule has 0 atom stereocenters. The van der Waals surface area contributed by atoms with Gasteiger partial charge in [-0.3, -0.25) is 29.3 Å². The lowest BCUT2D eigenvalue weighted by Gasteiger charge is -2.16. The average molecular weight is 768 g/mol. The summed E-state index contributed by atoms with van der Waals surface area (Å²) >= 11 is 0. The standard InChI is InChI=1S/C30H14F5N3O12S2/c31-16-3-7-25(23(32)12-16)52(47,48)50-37-27(40)19-6-2-15(11-21(19)29(37)42)9-14-1-5-18-20(10-14)28(41)36(26(18)39)49-51(45,46)24-8-4-17(38(43)44)13-22(24)30(33,34)35/h1-8,10-13H,9H2. The molecule has 0 radical (unpaired) electrons. The van der Waals surface area contributed by atoms with Crippen LogP contribution in [-0.2, 0) is 41.4 Å². The number of hydrogen-bond acceptors (Lipinski definition) is 12. The van der Waals surface area contributed by atoms with Crippen molar-refractivity contribution in [2.75, 3.05) is 0 Å². The molecule has 0 N–H and O–H groups in total. The monoisotopic (exact) mass is 767 g/mol. The van der Waals surface area contributed by atoms with Crippen LogP contribution in [0.5, 0.6) is 0 Å². The third kappa shape index (κ3) is 6.27. The molecular formula is C30H14F5N3O12S2. The van der Waals surface area contributed by atoms with Crippen molar-refractivity contribution in [2.45, 2.75) is 22.4 Å². The van der Waals surface area contributed by atoms with Crippen LogP contribution in [0.2, 0.25) is 0 Å². The highest BCUT2D eigenvalue weighted by Gasteiger charge is 2.45. The Labute approximate surface area is 286 Å². The van der Waals surface area contributed by atoms with Crippen LogP contribution < -0.4 is 0 Å². The van der Waals surface area contributed by atoms with Gasteiger partial charge in [-0.1, -0.05) is 12.1 Å². The Kier molecular flexibility index (Phi) is 8.52. The summed E-state index contributed by atoms with van der Waals surface area (Å²) < 4.78 is 128. The quantitative estimate of drug-likeness (QED) is 0.101. The van der Waals surface area contributed by atoms with Crippen molar-refractivity contribution >= 4 is 49.6 Å². The molecule has 0 spiro atoms. The third-order valence-electron chi connectivity index (χ3n) is 7.49. The van der Waals surface area contributed by atoms with Crippen LogP contribution in [0.25, 0.3) is 0 Å². The van der Waals surface area contributed by atoms with Crippen LogP contribution in [0.4, 0.5) is 27.6 Å². The Bertz CT molecular complexity index is 2520. The van der Waals surface area contributed by atoms with Crippen molar-refractivity contribution in [3.8, 4) is 0 Å². The summed E-state index contributed by atoms with van der Waals surface area (Å²) in [5, 5.41) is 10.5. The number of hydrogen-bond donors (Lipinski definition) is 0. The van der Waals surface area contributed by atoms with Crippen molar-refractivity contribution < 1.29 is 71.5 Å². The van der Waals surface area contributed by atoms with Crippen molar-refractivity contribution in [1.29, 1.82) is 0 Å². The number of alkyl halides is 3. The van der Waals surface area contributed by atoms with Crippen LogP contribution >= 0.6 is 0 Å². The van der Waals surface area contributed by atoms with Gasteiger partial charge in [-0.25, -0.2) is 8.78 Å². The molecule has 0 bridgehead atoms. The summed E-state index contributed by atoms with van der Waals surface area (Å²) in [6, 6.07) is 9.10. The van der Waals surface area contributed by atoms with Gasteiger partial charge in [0.2, 0.25) is 0 Å². The second-order valence-corrected chi connectivity index (χ2v) is 13.8. The molecule has 52 heavy (non-hydrogen) atoms. The molecule has 6 rings (SSSR count). The molecule has 22 heteroatoms. The number of rotatable bonds is 9. The summed E-state index contributed by atoms with van der Waals surface area (Å²) in [6.45, 7) is 0. The van der Waals surface area contributed by atoms with E-state index in [9.17, 15) is 68.1 Å². The lowest BCUT2D eigenvalue weighted by atomic mass is 9.98. The van der Waals surface area contributed by atoms with Gasteiger partial charge in [0.1, 0.15) is 21.4 Å². The topological polar surface area (TPSA) is 205 Å². The maximum Gasteiger partial charge on any atom is 0.418 e. The molecule has 4 aromatic rings. The number of hydroxylamine groups is 4. The van der Waals surface area contributed by atoms with E-state index in [1.165, 1.54) is 12.1 Å². The second kappa shape index (κ2) is 12.4. The normalized spacial score (nSPS) is 14.6. The summed E-state index contributed by atoms with van der Waals surface area (Å²) in [5.74, 6) is -7.93. The Morgan fingerprint density at radius 1 is 0.635 bits per heavy atom. The van der Waals surface area contributed by atoms with E-state index < -0.39 is 98.8 Å². The minimum Gasteiger partial charge on any atom is -0.266 e. The van der Waals surface area contributed by atoms with E-state index in [2.05, 4.69) is 8.57 Å². The first kappa shape index (κ1) is 35.8. The molecule has 0 aromatic heterocycles. The Morgan fingerprint density at radius 2 is 1.10 bits per heavy atom. The van der Waals surface area contributed by atoms with Crippen LogP contribution in [0.3, 0.4) is 0 Å². The van der Waals surface area contributed by atoms with Crippen LogP contribution in [-0.4, -0.2) is 55.5 Å². The highest BCUT2D eigenvalue weighted by Crippen LogP contribution is 2.38. The SMILES string of the molecule is O=C1c2ccc(Cc3ccc4c(c3)C(=O)N(OS(=O)(=O)c3ccc([N+](=O)[O-])cc3C(F)(F)F)C4=O)cc2C(=O)N1OS(=O)(=O)c1ccc(F)cc1F. The van der Waals surface area contributed by atoms with E-state index in [0.717, 1.165) is 24.3 Å². The van der Waals surface area contributed by atoms with Gasteiger partial charge < -0.3 is 0 Å². The Hall–Kier alpha value is -5.97. The number of carbonyl (C=O) groups excluding carboxylic acids is 4. The number of benzene rings is 4. The fourth-order valence-electron chi connectivity index (χ4n) is 5.15. The first-order valence-corrected chi connectivity index (χ1v) is 16.7. The van der Waals surface area contributed by atoms with Gasteiger partial charge in [-0.05, 0) is 60.0 Å². The summed E-state index contributed by atoms with van der Waals surface area (Å²) in [5.41, 5.74) is -4.11. The van der Waals surface area contributed by atoms with Gasteiger partial charge in [-0.15, -0.1) is 18.7 Å². The molecule has 0 aliphatic carbocycles. The molecule has 2 aliphatic rings. The van der Waals surface area contributed by atoms with Gasteiger partial charge in [0, 0.05) is 18.2 Å². The zero-order chi connectivity index (χ0) is 38.1. The molecule has 2 heterocycles. The van der Waals surface area contributed by atoms with Gasteiger partial charge in [0.15, 0.2) is 0 Å². The minimum atomic E-state index is -5.60. The molecule has 0 fully saturated rings. The van der Waals surface area contributed by atoms with E-state index in [1.54, 1.807) is 0 Å². The van der Waals surface area contributed by atoms with E-state index in [4.69, 9.17) is 0 Å². The number of fused-ring (bicyclic) bond motifs is 2. The average Bonchev–Trinajstić information content (AvgIpc) is 3.42. The molecule has 2 aliphatic heterocycles. The molecule has 15 nitrogen and oxygen atoms in total. The highest BCUT2D eigenvalue weighted by molar-refractivity contribution is 7.87. The smallest absolute Gasteiger partial charge is 0.266 e. The van der Waals surface area contributed by atoms with Crippen LogP contribution in [0.1, 0.15) is 58.1 Å². The lowest BCUT2D eigenvalue weighted by Crippen LogP contribution is -2.33. The number of nitro groups is 1. The lowest BCUT2D eigenvalue weighted by molar-refractivity contribution is -0.385. The van der Waals surface area contributed by atoms with Crippen LogP contribution in [0.15, 0.2) is 82.6 Å². The molecule has 0 saturated carbocycles. The molecule has 4 amide bonds. The molecule has 268 valence electrons. The number of imide groups is 2. The van der Waals surface area contributed by atoms with E-state index in [1.807, 2.05) is 0 Å². The van der Waals surface area contributed by atoms with Gasteiger partial charge in [-0.2, -0.15) is 30.0 Å². The number of halogens is 5. The van der Waals surface area contributed by atoms with Gasteiger partial charge in [0.25, 0.3) is 29.3 Å². The van der Waals surface area contributed by atoms with Crippen molar-refractivity contribution in [3.05, 3.63) is 133 Å². The zero-order valence-corrected chi connectivity index (χ0v) is 26.7. The fourth-order valence-corrected chi connectivity index (χ4v) is 7.18. The van der Waals surface area contributed by atoms with E-state index in [0.29, 0.717) is 18.2 Å². The predicted octanol–water partition coefficient (Wildman–Crippen LogP) is 4.32. The van der Waals surface area contributed by atoms with E-state index in [-0.39, 0.29) is 57.0 Å². The number of non-ortho nitro benzene ring substituents is 1. The van der Waals surface area contributed by atoms with Gasteiger partial charge in [0.05, 0.1) is 32.7 Å². The largest absolute Gasteiger partial charge is 0.418 e. The fraction of sp³-hybridized carbons (Fsp3) is 0.0667. The summed E-state index contributed by atoms with van der Waals surface area (Å²) in [7, 11) is -10.7. The summed E-state index contributed by atoms with van der Waals surface area (Å²) in [4.78, 5) is 58.7. The molecular weight excluding hydrogens is 753 g/mol. The second-order valence-electron chi connectivity index (χ2n) is 10.8. The highest BCUT2D eigenvalue weighted by atomic mass is 32.2. The van der Waals surface area contributed by atoms with Gasteiger partial charge >= 0.3 is 26.4 Å². The number of amides is 4. The van der Waals surface area contributed by atoms with Crippen molar-refractivity contribution in [3.63, 3.8) is 0 Å². The first-order chi connectivity index (χ1) is 24.2. The number of nitrogens with zero attached hydrogens (tertiary/aromatic N) is 3. The van der Waals surface area contributed by atoms with Crippen molar-refractivity contribution in [2.24, 2.45) is 0 Å². The Morgan fingerprint density at radius 3 is 1.56 bits per heavy atom. The molecule has 0 saturated heterocycles. The first-order valence-electron chi connectivity index (χ1n) is 13.9. The maximum absolute atomic E-state index is 14.1. The molecule has 4 aromatic carbocycles. The van der Waals surface area contributed by atoms with E-state index >= 15 is 0 Å². The Balaban J connectivity index is 1.21. The van der Waals surface area contributed by atoms with Crippen molar-refractivity contribution in [1.82, 2.24) is 10.1 Å². The number of carbonyl (C=O) groups is 4. The maximum atomic E-state index is 14.1. The third-order valence-corrected chi connectivity index (χ3v) is 9.95. The number of nitro benzene ring substituents is 1. The minimum absolute atomic E-state index is 0.0606. The van der Waals surface area contributed by atoms with Crippen LogP contribution in [0, 0.1) is 21.7 Å². The molecule has 0 unspecified atom stereocenters. The predicted molar refractivity (Wildman–Crippen MR) is 158 cm³/mol. The zero-order valence-electron chi connectivity index (χ0n) is 25.1. The summed E-state index contributed by atoms with van der Waals surface area (Å²) in [6.07, 6.45) is -5.57.